The second-order valence-electron chi connectivity index (χ2n) is 4.61. The molecule has 0 N–H and O–H groups in total. The van der Waals surface area contributed by atoms with E-state index in [-0.39, 0.29) is 4.90 Å². The van der Waals surface area contributed by atoms with Gasteiger partial charge in [-0.25, -0.2) is 0 Å². The van der Waals surface area contributed by atoms with Gasteiger partial charge >= 0.3 is 0 Å². The second kappa shape index (κ2) is 5.53. The number of amidine groups is 1. The summed E-state index contributed by atoms with van der Waals surface area (Å²) in [6, 6.07) is 6.75. The summed E-state index contributed by atoms with van der Waals surface area (Å²) in [6.07, 6.45) is 3.28. The minimum atomic E-state index is -3.74. The van der Waals surface area contributed by atoms with Gasteiger partial charge in [0.2, 0.25) is 0 Å². The topological polar surface area (TPSA) is 62.6 Å². The van der Waals surface area contributed by atoms with Crippen molar-refractivity contribution in [3.63, 3.8) is 0 Å². The lowest BCUT2D eigenvalue weighted by atomic mass is 10.2. The maximum absolute atomic E-state index is 12.2. The lowest BCUT2D eigenvalue weighted by Gasteiger charge is -2.30. The summed E-state index contributed by atoms with van der Waals surface area (Å²) in [6.45, 7) is 1.84. The molecule has 2 aromatic rings. The fourth-order valence-electron chi connectivity index (χ4n) is 2.26. The molecule has 114 valence electrons. The summed E-state index contributed by atoms with van der Waals surface area (Å²) in [7, 11) is -3.74. The van der Waals surface area contributed by atoms with Crippen LogP contribution in [0.3, 0.4) is 0 Å². The first-order chi connectivity index (χ1) is 10.4. The third-order valence-corrected chi connectivity index (χ3v) is 5.30. The molecule has 1 aromatic carbocycles. The van der Waals surface area contributed by atoms with Crippen LogP contribution in [0.1, 0.15) is 13.3 Å². The Morgan fingerprint density at radius 3 is 2.64 bits per heavy atom. The van der Waals surface area contributed by atoms with Crippen molar-refractivity contribution in [2.45, 2.75) is 18.2 Å². The molecule has 8 heteroatoms. The molecule has 3 rings (SSSR count). The van der Waals surface area contributed by atoms with Crippen molar-refractivity contribution in [1.29, 1.82) is 0 Å². The van der Waals surface area contributed by atoms with Crippen LogP contribution in [0.2, 0.25) is 10.0 Å². The Labute approximate surface area is 138 Å². The average Bonchev–Trinajstić information content (AvgIpc) is 2.50. The van der Waals surface area contributed by atoms with Gasteiger partial charge in [0.05, 0.1) is 15.7 Å². The van der Waals surface area contributed by atoms with Gasteiger partial charge in [0.15, 0.2) is 0 Å². The maximum atomic E-state index is 12.2. The summed E-state index contributed by atoms with van der Waals surface area (Å²) in [4.78, 5) is 5.70. The molecule has 0 atom stereocenters. The molecule has 0 spiro atoms. The van der Waals surface area contributed by atoms with E-state index >= 15 is 0 Å². The van der Waals surface area contributed by atoms with Crippen LogP contribution in [-0.2, 0) is 10.0 Å². The number of nitrogens with zero attached hydrogens (tertiary/aromatic N) is 3. The number of aromatic nitrogens is 1. The molecule has 0 saturated carbocycles. The van der Waals surface area contributed by atoms with Gasteiger partial charge in [0.25, 0.3) is 10.0 Å². The molecular weight excluding hydrogens is 345 g/mol. The lowest BCUT2D eigenvalue weighted by Crippen LogP contribution is -2.31. The predicted octanol–water partition coefficient (Wildman–Crippen LogP) is 4.04. The summed E-state index contributed by atoms with van der Waals surface area (Å²) >= 11 is 12.0. The summed E-state index contributed by atoms with van der Waals surface area (Å²) in [5.41, 5.74) is 1.19. The number of rotatable bonds is 2. The van der Waals surface area contributed by atoms with Gasteiger partial charge in [0.1, 0.15) is 10.7 Å². The number of hydrogen-bond acceptors (Lipinski definition) is 4. The molecule has 5 nitrogen and oxygen atoms in total. The van der Waals surface area contributed by atoms with E-state index in [2.05, 4.69) is 9.38 Å². The highest BCUT2D eigenvalue weighted by atomic mass is 35.5. The van der Waals surface area contributed by atoms with E-state index < -0.39 is 10.0 Å². The van der Waals surface area contributed by atoms with Gasteiger partial charge in [-0.1, -0.05) is 30.1 Å². The van der Waals surface area contributed by atoms with Gasteiger partial charge in [0, 0.05) is 24.5 Å². The highest BCUT2D eigenvalue weighted by Gasteiger charge is 2.31. The highest BCUT2D eigenvalue weighted by Crippen LogP contribution is 2.38. The number of sulfonamides is 1. The quantitative estimate of drug-likeness (QED) is 0.815. The number of pyridine rings is 1. The Morgan fingerprint density at radius 1 is 1.18 bits per heavy atom. The van der Waals surface area contributed by atoms with E-state index in [0.717, 1.165) is 0 Å². The molecule has 1 aromatic heterocycles. The summed E-state index contributed by atoms with van der Waals surface area (Å²) in [5.74, 6) is 0.414. The zero-order chi connectivity index (χ0) is 15.9. The fraction of sp³-hybridized carbons (Fsp3) is 0.143. The molecule has 0 radical (unpaired) electrons. The molecule has 1 aliphatic heterocycles. The highest BCUT2D eigenvalue weighted by molar-refractivity contribution is 7.90. The zero-order valence-electron chi connectivity index (χ0n) is 11.5. The number of halogens is 2. The van der Waals surface area contributed by atoms with Crippen molar-refractivity contribution in [3.05, 3.63) is 46.7 Å². The number of anilines is 2. The monoisotopic (exact) mass is 355 g/mol. The smallest absolute Gasteiger partial charge is 0.287 e. The van der Waals surface area contributed by atoms with Crippen molar-refractivity contribution >= 4 is 50.4 Å². The van der Waals surface area contributed by atoms with E-state index in [1.165, 1.54) is 12.4 Å². The zero-order valence-corrected chi connectivity index (χ0v) is 13.8. The Bertz CT molecular complexity index is 881. The maximum Gasteiger partial charge on any atom is 0.287 e. The van der Waals surface area contributed by atoms with Gasteiger partial charge in [-0.15, -0.1) is 4.40 Å². The Balaban J connectivity index is 2.27. The van der Waals surface area contributed by atoms with Crippen molar-refractivity contribution < 1.29 is 8.42 Å². The van der Waals surface area contributed by atoms with E-state index in [1.807, 2.05) is 6.92 Å². The van der Waals surface area contributed by atoms with Crippen molar-refractivity contribution in [3.8, 4) is 0 Å². The van der Waals surface area contributed by atoms with Crippen LogP contribution in [0.25, 0.3) is 0 Å². The molecular formula is C14H11Cl2N3O2S. The van der Waals surface area contributed by atoms with Crippen LogP contribution in [0.5, 0.6) is 0 Å². The van der Waals surface area contributed by atoms with E-state index in [1.54, 1.807) is 29.2 Å². The summed E-state index contributed by atoms with van der Waals surface area (Å²) < 4.78 is 28.4. The lowest BCUT2D eigenvalue weighted by molar-refractivity contribution is 0.596. The van der Waals surface area contributed by atoms with Crippen LogP contribution in [0, 0.1) is 0 Å². The molecule has 22 heavy (non-hydrogen) atoms. The first kappa shape index (κ1) is 15.3. The average molecular weight is 356 g/mol. The van der Waals surface area contributed by atoms with Gasteiger partial charge < -0.3 is 0 Å². The minimum Gasteiger partial charge on any atom is -0.296 e. The number of fused-ring (bicyclic) bond motifs is 1. The van der Waals surface area contributed by atoms with Crippen molar-refractivity contribution in [1.82, 2.24) is 4.98 Å². The third kappa shape index (κ3) is 2.47. The van der Waals surface area contributed by atoms with Crippen molar-refractivity contribution in [2.24, 2.45) is 4.40 Å². The Morgan fingerprint density at radius 2 is 1.95 bits per heavy atom. The third-order valence-electron chi connectivity index (χ3n) is 3.24. The van der Waals surface area contributed by atoms with E-state index in [9.17, 15) is 8.42 Å². The normalized spacial score (nSPS) is 16.1. The number of hydrogen-bond donors (Lipinski definition) is 0. The molecule has 0 bridgehead atoms. The van der Waals surface area contributed by atoms with Crippen molar-refractivity contribution in [2.75, 3.05) is 4.90 Å². The SMILES string of the molecule is CCC1=NS(=O)(=O)c2cnccc2N1c1ccc(Cl)c(Cl)c1. The van der Waals surface area contributed by atoms with Crippen LogP contribution < -0.4 is 4.90 Å². The summed E-state index contributed by atoms with van der Waals surface area (Å²) in [5, 5.41) is 0.818. The number of benzene rings is 1. The molecule has 2 heterocycles. The van der Waals surface area contributed by atoms with Crippen LogP contribution in [-0.4, -0.2) is 19.2 Å². The van der Waals surface area contributed by atoms with Crippen LogP contribution >= 0.6 is 23.2 Å². The van der Waals surface area contributed by atoms with Crippen LogP contribution in [0.15, 0.2) is 46.0 Å². The molecule has 1 aliphatic rings. The molecule has 0 amide bonds. The minimum absolute atomic E-state index is 0.0678. The molecule has 0 saturated heterocycles. The van der Waals surface area contributed by atoms with Gasteiger partial charge in [-0.2, -0.15) is 8.42 Å². The first-order valence-corrected chi connectivity index (χ1v) is 8.66. The Kier molecular flexibility index (Phi) is 3.84. The molecule has 0 aliphatic carbocycles. The molecule has 0 fully saturated rings. The molecule has 0 unspecified atom stereocenters. The Hall–Kier alpha value is -1.63. The van der Waals surface area contributed by atoms with Gasteiger partial charge in [-0.3, -0.25) is 9.88 Å². The second-order valence-corrected chi connectivity index (χ2v) is 7.00. The van der Waals surface area contributed by atoms with Gasteiger partial charge in [-0.05, 0) is 24.3 Å². The first-order valence-electron chi connectivity index (χ1n) is 6.47. The van der Waals surface area contributed by atoms with E-state index in [4.69, 9.17) is 23.2 Å². The predicted molar refractivity (Wildman–Crippen MR) is 87.7 cm³/mol. The van der Waals surface area contributed by atoms with Crippen LogP contribution in [0.4, 0.5) is 11.4 Å². The van der Waals surface area contributed by atoms with E-state index in [0.29, 0.717) is 33.7 Å². The largest absolute Gasteiger partial charge is 0.296 e. The fourth-order valence-corrected chi connectivity index (χ4v) is 3.76. The standard InChI is InChI=1S/C14H11Cl2N3O2S/c1-2-14-18-22(20,21)13-8-17-6-5-12(13)19(14)9-3-4-10(15)11(16)7-9/h3-8H,2H2,1H3.